The number of thiophene rings is 1. The summed E-state index contributed by atoms with van der Waals surface area (Å²) in [5.41, 5.74) is 0. The van der Waals surface area contributed by atoms with Crippen molar-refractivity contribution >= 4 is 33.2 Å². The lowest BCUT2D eigenvalue weighted by atomic mass is 10.2. The van der Waals surface area contributed by atoms with Crippen LogP contribution in [-0.2, 0) is 4.79 Å². The van der Waals surface area contributed by atoms with Gasteiger partial charge in [0.2, 0.25) is 0 Å². The minimum Gasteiger partial charge on any atom is -0.480 e. The van der Waals surface area contributed by atoms with Gasteiger partial charge in [-0.3, -0.25) is 10.1 Å². The van der Waals surface area contributed by atoms with E-state index >= 15 is 0 Å². The number of carbonyl (C=O) groups is 1. The van der Waals surface area contributed by atoms with Crippen molar-refractivity contribution in [2.75, 3.05) is 0 Å². The second-order valence-corrected chi connectivity index (χ2v) is 5.24. The summed E-state index contributed by atoms with van der Waals surface area (Å²) in [5, 5.41) is 14.1. The molecule has 76 valence electrons. The van der Waals surface area contributed by atoms with Crippen LogP contribution in [0.4, 0.5) is 0 Å². The molecule has 0 bridgehead atoms. The number of hydrogen-bond donors (Lipinski definition) is 2. The summed E-state index contributed by atoms with van der Waals surface area (Å²) in [4.78, 5) is 11.9. The Hall–Kier alpha value is -0.390. The molecule has 0 aromatic carbocycles. The van der Waals surface area contributed by atoms with Gasteiger partial charge in [0.25, 0.3) is 0 Å². The average molecular weight is 276 g/mol. The zero-order valence-corrected chi connectivity index (χ0v) is 9.77. The number of rotatable bonds is 4. The molecule has 0 saturated heterocycles. The number of halogens is 1. The molecule has 3 nitrogen and oxygen atoms in total. The van der Waals surface area contributed by atoms with E-state index < -0.39 is 12.0 Å². The first-order valence-electron chi connectivity index (χ1n) is 4.39. The molecule has 1 unspecified atom stereocenters. The molecule has 1 saturated carbocycles. The molecular formula is C9H10BrNO2S. The molecule has 5 heteroatoms. The van der Waals surface area contributed by atoms with E-state index in [4.69, 9.17) is 5.11 Å². The second kappa shape index (κ2) is 4.00. The Morgan fingerprint density at radius 3 is 2.86 bits per heavy atom. The molecule has 1 aliphatic rings. The van der Waals surface area contributed by atoms with Gasteiger partial charge in [0.05, 0.1) is 0 Å². The van der Waals surface area contributed by atoms with Crippen LogP contribution >= 0.6 is 27.3 Å². The molecule has 1 aromatic heterocycles. The molecular weight excluding hydrogens is 266 g/mol. The highest BCUT2D eigenvalue weighted by Gasteiger charge is 2.29. The van der Waals surface area contributed by atoms with Gasteiger partial charge in [0.1, 0.15) is 6.04 Å². The van der Waals surface area contributed by atoms with Crippen molar-refractivity contribution in [1.29, 1.82) is 0 Å². The van der Waals surface area contributed by atoms with E-state index in [2.05, 4.69) is 21.2 Å². The van der Waals surface area contributed by atoms with Crippen molar-refractivity contribution in [3.63, 3.8) is 0 Å². The van der Waals surface area contributed by atoms with Crippen LogP contribution in [0.1, 0.15) is 23.8 Å². The summed E-state index contributed by atoms with van der Waals surface area (Å²) in [5.74, 6) is -0.800. The molecule has 1 heterocycles. The molecule has 0 aliphatic heterocycles. The minimum absolute atomic E-state index is 0.400. The summed E-state index contributed by atoms with van der Waals surface area (Å²) in [6.07, 6.45) is 2.19. The van der Waals surface area contributed by atoms with Crippen molar-refractivity contribution in [2.45, 2.75) is 24.9 Å². The van der Waals surface area contributed by atoms with Gasteiger partial charge in [0, 0.05) is 20.8 Å². The fraction of sp³-hybridized carbons (Fsp3) is 0.444. The lowest BCUT2D eigenvalue weighted by molar-refractivity contribution is -0.139. The topological polar surface area (TPSA) is 49.3 Å². The Morgan fingerprint density at radius 2 is 2.43 bits per heavy atom. The zero-order chi connectivity index (χ0) is 10.1. The molecule has 1 fully saturated rings. The maximum absolute atomic E-state index is 11.0. The van der Waals surface area contributed by atoms with Crippen LogP contribution in [0.3, 0.4) is 0 Å². The van der Waals surface area contributed by atoms with E-state index in [1.165, 1.54) is 11.3 Å². The number of carboxylic acid groups (broad SMARTS) is 1. The van der Waals surface area contributed by atoms with E-state index in [-0.39, 0.29) is 0 Å². The van der Waals surface area contributed by atoms with Gasteiger partial charge in [-0.25, -0.2) is 0 Å². The molecule has 2 rings (SSSR count). The summed E-state index contributed by atoms with van der Waals surface area (Å²) < 4.78 is 0.946. The number of aliphatic carboxylic acids is 1. The van der Waals surface area contributed by atoms with E-state index in [1.807, 2.05) is 11.4 Å². The molecule has 2 N–H and O–H groups in total. The van der Waals surface area contributed by atoms with Crippen LogP contribution < -0.4 is 5.32 Å². The molecule has 14 heavy (non-hydrogen) atoms. The van der Waals surface area contributed by atoms with Crippen LogP contribution in [-0.4, -0.2) is 17.1 Å². The van der Waals surface area contributed by atoms with Crippen molar-refractivity contribution < 1.29 is 9.90 Å². The van der Waals surface area contributed by atoms with Crippen LogP contribution in [0.25, 0.3) is 0 Å². The van der Waals surface area contributed by atoms with E-state index in [9.17, 15) is 4.79 Å². The van der Waals surface area contributed by atoms with E-state index in [1.54, 1.807) is 0 Å². The van der Waals surface area contributed by atoms with Gasteiger partial charge < -0.3 is 5.11 Å². The van der Waals surface area contributed by atoms with Gasteiger partial charge in [-0.1, -0.05) is 0 Å². The Morgan fingerprint density at radius 1 is 1.71 bits per heavy atom. The lowest BCUT2D eigenvalue weighted by Crippen LogP contribution is -2.29. The normalized spacial score (nSPS) is 18.1. The first kappa shape index (κ1) is 10.1. The number of carboxylic acids is 1. The maximum Gasteiger partial charge on any atom is 0.326 e. The molecule has 0 radical (unpaired) electrons. The van der Waals surface area contributed by atoms with Crippen LogP contribution in [0.2, 0.25) is 0 Å². The van der Waals surface area contributed by atoms with Crippen LogP contribution in [0, 0.1) is 0 Å². The van der Waals surface area contributed by atoms with E-state index in [0.717, 1.165) is 22.2 Å². The third-order valence-electron chi connectivity index (χ3n) is 2.10. The Balaban J connectivity index is 2.12. The van der Waals surface area contributed by atoms with Gasteiger partial charge in [0.15, 0.2) is 0 Å². The molecule has 1 atom stereocenters. The monoisotopic (exact) mass is 275 g/mol. The zero-order valence-electron chi connectivity index (χ0n) is 7.37. The van der Waals surface area contributed by atoms with Gasteiger partial charge in [-0.15, -0.1) is 11.3 Å². The van der Waals surface area contributed by atoms with Crippen molar-refractivity contribution in [1.82, 2.24) is 5.32 Å². The van der Waals surface area contributed by atoms with Crippen LogP contribution in [0.15, 0.2) is 15.9 Å². The third kappa shape index (κ3) is 2.34. The second-order valence-electron chi connectivity index (χ2n) is 3.38. The Bertz CT molecular complexity index is 348. The standard InChI is InChI=1S/C9H10BrNO2S/c10-5-3-7(14-4-5)8(9(12)13)11-6-1-2-6/h3-4,6,8,11H,1-2H2,(H,12,13). The van der Waals surface area contributed by atoms with Crippen molar-refractivity contribution in [3.05, 3.63) is 20.8 Å². The van der Waals surface area contributed by atoms with Gasteiger partial charge in [-0.05, 0) is 34.8 Å². The molecule has 0 amide bonds. The van der Waals surface area contributed by atoms with Crippen molar-refractivity contribution in [3.8, 4) is 0 Å². The molecule has 0 spiro atoms. The molecule has 1 aliphatic carbocycles. The Labute approximate surface area is 94.3 Å². The highest BCUT2D eigenvalue weighted by molar-refractivity contribution is 9.10. The van der Waals surface area contributed by atoms with E-state index in [0.29, 0.717) is 6.04 Å². The summed E-state index contributed by atoms with van der Waals surface area (Å²) >= 11 is 4.79. The van der Waals surface area contributed by atoms with Crippen LogP contribution in [0.5, 0.6) is 0 Å². The van der Waals surface area contributed by atoms with Gasteiger partial charge in [-0.2, -0.15) is 0 Å². The lowest BCUT2D eigenvalue weighted by Gasteiger charge is -2.11. The minimum atomic E-state index is -0.800. The first-order chi connectivity index (χ1) is 6.66. The molecule has 1 aromatic rings. The first-order valence-corrected chi connectivity index (χ1v) is 6.07. The van der Waals surface area contributed by atoms with Crippen molar-refractivity contribution in [2.24, 2.45) is 0 Å². The quantitative estimate of drug-likeness (QED) is 0.887. The summed E-state index contributed by atoms with van der Waals surface area (Å²) in [7, 11) is 0. The highest BCUT2D eigenvalue weighted by Crippen LogP contribution is 2.29. The predicted molar refractivity (Wildman–Crippen MR) is 58.6 cm³/mol. The fourth-order valence-electron chi connectivity index (χ4n) is 1.24. The fourth-order valence-corrected chi connectivity index (χ4v) is 2.74. The summed E-state index contributed by atoms with van der Waals surface area (Å²) in [6, 6.07) is 1.72. The van der Waals surface area contributed by atoms with Gasteiger partial charge >= 0.3 is 5.97 Å². The SMILES string of the molecule is O=C(O)C(NC1CC1)c1cc(Br)cs1. The highest BCUT2D eigenvalue weighted by atomic mass is 79.9. The number of hydrogen-bond acceptors (Lipinski definition) is 3. The third-order valence-corrected chi connectivity index (χ3v) is 3.86. The Kier molecular flexibility index (Phi) is 2.90. The average Bonchev–Trinajstić information content (AvgIpc) is 2.84. The smallest absolute Gasteiger partial charge is 0.326 e. The predicted octanol–water partition coefficient (Wildman–Crippen LogP) is 2.39. The maximum atomic E-state index is 11.0. The number of nitrogens with one attached hydrogen (secondary N) is 1. The summed E-state index contributed by atoms with van der Waals surface area (Å²) in [6.45, 7) is 0. The largest absolute Gasteiger partial charge is 0.480 e.